The number of nitrogens with one attached hydrogen (secondary N) is 1. The molecule has 27 heavy (non-hydrogen) atoms. The number of halogens is 3. The first kappa shape index (κ1) is 20.7. The van der Waals surface area contributed by atoms with Crippen molar-refractivity contribution in [3.05, 3.63) is 63.7 Å². The maximum absolute atomic E-state index is 13.3. The molecule has 2 aromatic rings. The molecule has 3 N–H and O–H groups in total. The second-order valence-electron chi connectivity index (χ2n) is 5.39. The molecule has 0 bridgehead atoms. The van der Waals surface area contributed by atoms with Crippen molar-refractivity contribution in [2.45, 2.75) is 12.8 Å². The van der Waals surface area contributed by atoms with Gasteiger partial charge in [0.25, 0.3) is 5.69 Å². The second-order valence-corrected chi connectivity index (χ2v) is 7.04. The van der Waals surface area contributed by atoms with Crippen molar-refractivity contribution in [1.29, 1.82) is 0 Å². The second kappa shape index (κ2) is 7.95. The minimum absolute atomic E-state index is 0.236. The van der Waals surface area contributed by atoms with Crippen LogP contribution in [-0.4, -0.2) is 21.0 Å². The van der Waals surface area contributed by atoms with Crippen LogP contribution in [-0.2, 0) is 17.3 Å². The SMILES string of the molecule is O=[N+]([O-])c1cc(C(F)(F)F)c(OCc2ccccc2)cc1NCP(=O)(O)O. The summed E-state index contributed by atoms with van der Waals surface area (Å²) >= 11 is 0. The summed E-state index contributed by atoms with van der Waals surface area (Å²) in [5.74, 6) is -0.704. The van der Waals surface area contributed by atoms with Crippen LogP contribution in [0.25, 0.3) is 0 Å². The van der Waals surface area contributed by atoms with Gasteiger partial charge in [-0.25, -0.2) is 0 Å². The molecule has 0 fully saturated rings. The van der Waals surface area contributed by atoms with Gasteiger partial charge in [0.1, 0.15) is 29.9 Å². The molecular weight excluding hydrogens is 392 g/mol. The lowest BCUT2D eigenvalue weighted by Crippen LogP contribution is -2.12. The fourth-order valence-corrected chi connectivity index (χ4v) is 2.50. The molecule has 0 radical (unpaired) electrons. The molecule has 12 heteroatoms. The Hall–Kier alpha value is -2.62. The number of nitro benzene ring substituents is 1. The number of nitrogens with zero attached hydrogens (tertiary/aromatic N) is 1. The average molecular weight is 406 g/mol. The fourth-order valence-electron chi connectivity index (χ4n) is 2.13. The Morgan fingerprint density at radius 3 is 2.33 bits per heavy atom. The van der Waals surface area contributed by atoms with Gasteiger partial charge in [0.15, 0.2) is 0 Å². The molecule has 0 aliphatic carbocycles. The molecule has 0 heterocycles. The van der Waals surface area contributed by atoms with Crippen LogP contribution < -0.4 is 10.1 Å². The first-order valence-corrected chi connectivity index (χ1v) is 9.12. The smallest absolute Gasteiger partial charge is 0.420 e. The Kier molecular flexibility index (Phi) is 6.09. The quantitative estimate of drug-likeness (QED) is 0.364. The number of anilines is 1. The van der Waals surface area contributed by atoms with Crippen LogP contribution in [0.5, 0.6) is 5.75 Å². The summed E-state index contributed by atoms with van der Waals surface area (Å²) in [5, 5.41) is 13.2. The van der Waals surface area contributed by atoms with Gasteiger partial charge in [-0.05, 0) is 5.56 Å². The highest BCUT2D eigenvalue weighted by Crippen LogP contribution is 2.43. The minimum Gasteiger partial charge on any atom is -0.488 e. The fraction of sp³-hybridized carbons (Fsp3) is 0.200. The summed E-state index contributed by atoms with van der Waals surface area (Å²) in [6.45, 7) is -0.236. The Balaban J connectivity index is 2.44. The third kappa shape index (κ3) is 5.95. The van der Waals surface area contributed by atoms with Crippen molar-refractivity contribution < 1.29 is 37.2 Å². The standard InChI is InChI=1S/C15H14F3N2O6P/c16-15(17,18)11-6-13(20(21)22)12(19-9-27(23,24)25)7-14(11)26-8-10-4-2-1-3-5-10/h1-7,19H,8-9H2,(H2,23,24,25). The highest BCUT2D eigenvalue weighted by molar-refractivity contribution is 7.51. The lowest BCUT2D eigenvalue weighted by Gasteiger charge is -2.16. The van der Waals surface area contributed by atoms with Crippen molar-refractivity contribution in [2.75, 3.05) is 11.6 Å². The molecule has 0 saturated heterocycles. The van der Waals surface area contributed by atoms with E-state index in [-0.39, 0.29) is 12.7 Å². The maximum atomic E-state index is 13.3. The molecule has 0 saturated carbocycles. The lowest BCUT2D eigenvalue weighted by atomic mass is 10.1. The van der Waals surface area contributed by atoms with E-state index < -0.39 is 47.7 Å². The normalized spacial score (nSPS) is 11.9. The largest absolute Gasteiger partial charge is 0.488 e. The maximum Gasteiger partial charge on any atom is 0.420 e. The number of benzene rings is 2. The summed E-state index contributed by atoms with van der Waals surface area (Å²) in [6, 6.07) is 9.23. The molecule has 2 rings (SSSR count). The highest BCUT2D eigenvalue weighted by atomic mass is 31.2. The number of rotatable bonds is 7. The van der Waals surface area contributed by atoms with Gasteiger partial charge in [-0.3, -0.25) is 14.7 Å². The summed E-state index contributed by atoms with van der Waals surface area (Å²) in [5.41, 5.74) is -2.29. The van der Waals surface area contributed by atoms with Gasteiger partial charge in [0, 0.05) is 12.1 Å². The Bertz CT molecular complexity index is 870. The van der Waals surface area contributed by atoms with Gasteiger partial charge in [0.2, 0.25) is 0 Å². The Morgan fingerprint density at radius 2 is 1.81 bits per heavy atom. The van der Waals surface area contributed by atoms with Crippen LogP contribution in [0.4, 0.5) is 24.5 Å². The lowest BCUT2D eigenvalue weighted by molar-refractivity contribution is -0.384. The minimum atomic E-state index is -4.93. The molecular formula is C15H14F3N2O6P. The predicted octanol–water partition coefficient (Wildman–Crippen LogP) is 3.74. The van der Waals surface area contributed by atoms with E-state index in [1.54, 1.807) is 30.3 Å². The number of hydrogen-bond donors (Lipinski definition) is 3. The molecule has 2 aromatic carbocycles. The number of nitro groups is 1. The Morgan fingerprint density at radius 1 is 1.19 bits per heavy atom. The van der Waals surface area contributed by atoms with Gasteiger partial charge in [0.05, 0.1) is 4.92 Å². The first-order valence-electron chi connectivity index (χ1n) is 7.32. The van der Waals surface area contributed by atoms with Crippen molar-refractivity contribution in [3.8, 4) is 5.75 Å². The number of ether oxygens (including phenoxy) is 1. The molecule has 146 valence electrons. The van der Waals surface area contributed by atoms with E-state index >= 15 is 0 Å². The monoisotopic (exact) mass is 406 g/mol. The third-order valence-electron chi connectivity index (χ3n) is 3.31. The van der Waals surface area contributed by atoms with Crippen LogP contribution in [0.15, 0.2) is 42.5 Å². The van der Waals surface area contributed by atoms with E-state index in [1.807, 2.05) is 0 Å². The molecule has 0 aliphatic heterocycles. The van der Waals surface area contributed by atoms with Gasteiger partial charge >= 0.3 is 13.8 Å². The molecule has 0 unspecified atom stereocenters. The van der Waals surface area contributed by atoms with E-state index in [9.17, 15) is 27.9 Å². The van der Waals surface area contributed by atoms with Gasteiger partial charge in [-0.2, -0.15) is 13.2 Å². The van der Waals surface area contributed by atoms with Crippen molar-refractivity contribution in [2.24, 2.45) is 0 Å². The molecule has 0 aliphatic rings. The summed E-state index contributed by atoms with van der Waals surface area (Å²) < 4.78 is 56.0. The predicted molar refractivity (Wildman–Crippen MR) is 89.4 cm³/mol. The first-order chi connectivity index (χ1) is 12.5. The van der Waals surface area contributed by atoms with Gasteiger partial charge < -0.3 is 19.8 Å². The Labute approximate surface area is 150 Å². The molecule has 0 amide bonds. The zero-order chi connectivity index (χ0) is 20.2. The molecule has 0 atom stereocenters. The highest BCUT2D eigenvalue weighted by Gasteiger charge is 2.37. The number of alkyl halides is 3. The van der Waals surface area contributed by atoms with Crippen LogP contribution in [0.1, 0.15) is 11.1 Å². The van der Waals surface area contributed by atoms with Gasteiger partial charge in [-0.15, -0.1) is 0 Å². The van der Waals surface area contributed by atoms with Gasteiger partial charge in [-0.1, -0.05) is 30.3 Å². The zero-order valence-corrected chi connectivity index (χ0v) is 14.4. The van der Waals surface area contributed by atoms with Crippen molar-refractivity contribution in [3.63, 3.8) is 0 Å². The van der Waals surface area contributed by atoms with E-state index in [0.29, 0.717) is 11.6 Å². The molecule has 0 aromatic heterocycles. The zero-order valence-electron chi connectivity index (χ0n) is 13.5. The summed E-state index contributed by atoms with van der Waals surface area (Å²) in [7, 11) is -4.60. The summed E-state index contributed by atoms with van der Waals surface area (Å²) in [4.78, 5) is 27.8. The van der Waals surface area contributed by atoms with E-state index in [4.69, 9.17) is 14.5 Å². The van der Waals surface area contributed by atoms with Crippen molar-refractivity contribution >= 4 is 19.0 Å². The third-order valence-corrected chi connectivity index (χ3v) is 3.88. The van der Waals surface area contributed by atoms with E-state index in [1.165, 1.54) is 0 Å². The molecule has 0 spiro atoms. The van der Waals surface area contributed by atoms with Crippen LogP contribution in [0.3, 0.4) is 0 Å². The topological polar surface area (TPSA) is 122 Å². The van der Waals surface area contributed by atoms with E-state index in [2.05, 4.69) is 5.32 Å². The number of hydrogen-bond acceptors (Lipinski definition) is 5. The average Bonchev–Trinajstić information content (AvgIpc) is 2.57. The van der Waals surface area contributed by atoms with Crippen LogP contribution >= 0.6 is 7.60 Å². The van der Waals surface area contributed by atoms with Crippen LogP contribution in [0, 0.1) is 10.1 Å². The molecule has 8 nitrogen and oxygen atoms in total. The van der Waals surface area contributed by atoms with E-state index in [0.717, 1.165) is 0 Å². The van der Waals surface area contributed by atoms with Crippen molar-refractivity contribution in [1.82, 2.24) is 0 Å². The van der Waals surface area contributed by atoms with Crippen LogP contribution in [0.2, 0.25) is 0 Å². The summed E-state index contributed by atoms with van der Waals surface area (Å²) in [6.07, 6.45) is -5.92.